The second kappa shape index (κ2) is 9.28. The third-order valence-electron chi connectivity index (χ3n) is 4.84. The molecular formula is C21H26N4O3S2. The van der Waals surface area contributed by atoms with Gasteiger partial charge in [-0.15, -0.1) is 0 Å². The van der Waals surface area contributed by atoms with Crippen LogP contribution in [0.4, 0.5) is 5.82 Å². The highest BCUT2D eigenvalue weighted by Crippen LogP contribution is 2.33. The number of carbonyl (C=O) groups excluding carboxylic acids is 1. The minimum Gasteiger partial charge on any atom is -0.394 e. The monoisotopic (exact) mass is 446 g/mol. The molecule has 2 aromatic rings. The molecule has 0 aromatic carbocycles. The van der Waals surface area contributed by atoms with Crippen LogP contribution < -0.4 is 10.9 Å². The topological polar surface area (TPSA) is 86.9 Å². The maximum Gasteiger partial charge on any atom is 0.267 e. The quantitative estimate of drug-likeness (QED) is 0.499. The average Bonchev–Trinajstić information content (AvgIpc) is 2.96. The first-order valence-electron chi connectivity index (χ1n) is 9.91. The van der Waals surface area contributed by atoms with Crippen LogP contribution >= 0.6 is 24.0 Å². The van der Waals surface area contributed by atoms with E-state index >= 15 is 0 Å². The second-order valence-corrected chi connectivity index (χ2v) is 9.36. The minimum atomic E-state index is -0.284. The van der Waals surface area contributed by atoms with Gasteiger partial charge in [-0.3, -0.25) is 18.9 Å². The maximum absolute atomic E-state index is 13.3. The summed E-state index contributed by atoms with van der Waals surface area (Å²) in [5.74, 6) is 0.423. The summed E-state index contributed by atoms with van der Waals surface area (Å²) in [6.45, 7) is 8.29. The van der Waals surface area contributed by atoms with E-state index in [9.17, 15) is 14.7 Å². The maximum atomic E-state index is 13.3. The van der Waals surface area contributed by atoms with Crippen molar-refractivity contribution in [3.63, 3.8) is 0 Å². The molecule has 9 heteroatoms. The number of pyridine rings is 1. The number of rotatable bonds is 7. The first-order valence-corrected chi connectivity index (χ1v) is 11.1. The zero-order valence-electron chi connectivity index (χ0n) is 17.5. The molecule has 1 fully saturated rings. The summed E-state index contributed by atoms with van der Waals surface area (Å²) in [5, 5.41) is 12.8. The summed E-state index contributed by atoms with van der Waals surface area (Å²) < 4.78 is 1.96. The van der Waals surface area contributed by atoms with Crippen LogP contribution in [0.25, 0.3) is 11.7 Å². The molecule has 3 heterocycles. The predicted molar refractivity (Wildman–Crippen MR) is 126 cm³/mol. The number of thioether (sulfide) groups is 1. The van der Waals surface area contributed by atoms with Gasteiger partial charge in [0.05, 0.1) is 23.1 Å². The van der Waals surface area contributed by atoms with E-state index in [1.54, 1.807) is 23.2 Å². The molecule has 1 atom stereocenters. The lowest BCUT2D eigenvalue weighted by Gasteiger charge is -2.18. The smallest absolute Gasteiger partial charge is 0.267 e. The van der Waals surface area contributed by atoms with E-state index in [0.29, 0.717) is 33.7 Å². The number of carbonyl (C=O) groups is 1. The molecule has 0 radical (unpaired) electrons. The van der Waals surface area contributed by atoms with Crippen LogP contribution in [-0.2, 0) is 4.79 Å². The van der Waals surface area contributed by atoms with Crippen molar-refractivity contribution in [3.8, 4) is 0 Å². The molecule has 2 aromatic heterocycles. The molecule has 7 nitrogen and oxygen atoms in total. The van der Waals surface area contributed by atoms with Gasteiger partial charge >= 0.3 is 0 Å². The number of nitrogens with one attached hydrogen (secondary N) is 1. The van der Waals surface area contributed by atoms with Gasteiger partial charge in [-0.05, 0) is 37.0 Å². The Morgan fingerprint density at radius 1 is 1.37 bits per heavy atom. The molecule has 0 unspecified atom stereocenters. The summed E-state index contributed by atoms with van der Waals surface area (Å²) in [4.78, 5) is 32.8. The van der Waals surface area contributed by atoms with Crippen molar-refractivity contribution in [3.05, 3.63) is 44.7 Å². The first-order chi connectivity index (χ1) is 14.3. The molecule has 0 saturated carbocycles. The van der Waals surface area contributed by atoms with Crippen LogP contribution in [0.5, 0.6) is 0 Å². The van der Waals surface area contributed by atoms with Crippen LogP contribution in [0.1, 0.15) is 38.3 Å². The first kappa shape index (κ1) is 22.5. The highest BCUT2D eigenvalue weighted by Gasteiger charge is 2.33. The number of nitrogens with zero attached hydrogens (tertiary/aromatic N) is 3. The molecule has 1 saturated heterocycles. The zero-order chi connectivity index (χ0) is 22.0. The molecule has 1 aliphatic rings. The molecule has 2 N–H and O–H groups in total. The Hall–Kier alpha value is -2.23. The minimum absolute atomic E-state index is 0.0960. The van der Waals surface area contributed by atoms with Crippen molar-refractivity contribution in [1.82, 2.24) is 14.3 Å². The van der Waals surface area contributed by atoms with Crippen molar-refractivity contribution >= 4 is 51.7 Å². The molecule has 0 aliphatic carbocycles. The lowest BCUT2D eigenvalue weighted by atomic mass is 10.2. The predicted octanol–water partition coefficient (Wildman–Crippen LogP) is 3.04. The molecule has 1 amide bonds. The van der Waals surface area contributed by atoms with Crippen LogP contribution in [0.15, 0.2) is 28.0 Å². The van der Waals surface area contributed by atoms with Gasteiger partial charge in [0.25, 0.3) is 11.5 Å². The number of aryl methyl sites for hydroxylation is 1. The zero-order valence-corrected chi connectivity index (χ0v) is 19.1. The number of aliphatic hydroxyl groups is 1. The Kier molecular flexibility index (Phi) is 6.95. The van der Waals surface area contributed by atoms with Crippen molar-refractivity contribution in [2.45, 2.75) is 40.2 Å². The number of anilines is 1. The van der Waals surface area contributed by atoms with Gasteiger partial charge in [0.15, 0.2) is 0 Å². The van der Waals surface area contributed by atoms with Gasteiger partial charge in [-0.2, -0.15) is 0 Å². The van der Waals surface area contributed by atoms with Gasteiger partial charge in [-0.1, -0.05) is 50.8 Å². The van der Waals surface area contributed by atoms with Crippen molar-refractivity contribution in [1.29, 1.82) is 0 Å². The summed E-state index contributed by atoms with van der Waals surface area (Å²) in [7, 11) is 0. The Bertz CT molecular complexity index is 1070. The van der Waals surface area contributed by atoms with Crippen molar-refractivity contribution in [2.75, 3.05) is 18.5 Å². The van der Waals surface area contributed by atoms with Crippen LogP contribution in [0, 0.1) is 12.8 Å². The fourth-order valence-electron chi connectivity index (χ4n) is 3.18. The SMILES string of the molecule is CC[C@@H](CO)Nc1nc2c(C)cccn2c(=O)c1/C=C1\SC(=S)N(CC(C)C)C1=O. The number of aromatic nitrogens is 2. The normalized spacial score (nSPS) is 16.9. The number of aliphatic hydroxyl groups excluding tert-OH is 1. The number of thiocarbonyl (C=S) groups is 1. The highest BCUT2D eigenvalue weighted by atomic mass is 32.2. The van der Waals surface area contributed by atoms with Crippen LogP contribution in [0.2, 0.25) is 0 Å². The Labute approximate surface area is 185 Å². The number of fused-ring (bicyclic) bond motifs is 1. The summed E-state index contributed by atoms with van der Waals surface area (Å²) in [6, 6.07) is 3.41. The molecular weight excluding hydrogens is 420 g/mol. The summed E-state index contributed by atoms with van der Waals surface area (Å²) >= 11 is 6.57. The average molecular weight is 447 g/mol. The molecule has 1 aliphatic heterocycles. The molecule has 0 bridgehead atoms. The van der Waals surface area contributed by atoms with Crippen molar-refractivity contribution < 1.29 is 9.90 Å². The fraction of sp³-hybridized carbons (Fsp3) is 0.429. The van der Waals surface area contributed by atoms with E-state index in [0.717, 1.165) is 5.56 Å². The van der Waals surface area contributed by atoms with E-state index < -0.39 is 0 Å². The third kappa shape index (κ3) is 4.43. The lowest BCUT2D eigenvalue weighted by molar-refractivity contribution is -0.122. The van der Waals surface area contributed by atoms with Gasteiger partial charge in [-0.25, -0.2) is 4.98 Å². The van der Waals surface area contributed by atoms with E-state index in [-0.39, 0.29) is 35.6 Å². The molecule has 0 spiro atoms. The molecule has 160 valence electrons. The van der Waals surface area contributed by atoms with Gasteiger partial charge in [0, 0.05) is 12.7 Å². The van der Waals surface area contributed by atoms with E-state index in [1.165, 1.54) is 16.2 Å². The molecule has 3 rings (SSSR count). The summed E-state index contributed by atoms with van der Waals surface area (Å²) in [5.41, 5.74) is 1.37. The third-order valence-corrected chi connectivity index (χ3v) is 6.21. The number of hydrogen-bond acceptors (Lipinski definition) is 7. The molecule has 30 heavy (non-hydrogen) atoms. The second-order valence-electron chi connectivity index (χ2n) is 7.68. The Morgan fingerprint density at radius 2 is 2.10 bits per heavy atom. The van der Waals surface area contributed by atoms with Gasteiger partial charge in [0.2, 0.25) is 0 Å². The van der Waals surface area contributed by atoms with E-state index in [1.807, 2.05) is 33.8 Å². The van der Waals surface area contributed by atoms with E-state index in [2.05, 4.69) is 10.3 Å². The number of amides is 1. The summed E-state index contributed by atoms with van der Waals surface area (Å²) in [6.07, 6.45) is 3.88. The van der Waals surface area contributed by atoms with Gasteiger partial charge < -0.3 is 10.4 Å². The van der Waals surface area contributed by atoms with Crippen molar-refractivity contribution in [2.24, 2.45) is 5.92 Å². The lowest BCUT2D eigenvalue weighted by Crippen LogP contribution is -2.31. The number of hydrogen-bond donors (Lipinski definition) is 2. The Morgan fingerprint density at radius 3 is 2.73 bits per heavy atom. The highest BCUT2D eigenvalue weighted by molar-refractivity contribution is 8.26. The van der Waals surface area contributed by atoms with Crippen LogP contribution in [0.3, 0.4) is 0 Å². The fourth-order valence-corrected chi connectivity index (χ4v) is 4.43. The van der Waals surface area contributed by atoms with E-state index in [4.69, 9.17) is 12.2 Å². The van der Waals surface area contributed by atoms with Gasteiger partial charge in [0.1, 0.15) is 15.8 Å². The standard InChI is InChI=1S/C21H26N4O3S2/c1-5-14(11-26)22-17-15(19(27)24-8-6-7-13(4)18(24)23-17)9-16-20(28)25(10-12(2)3)21(29)30-16/h6-9,12,14,22,26H,5,10-11H2,1-4H3/b16-9-/t14-/m0/s1. The van der Waals surface area contributed by atoms with Crippen LogP contribution in [-0.4, -0.2) is 48.8 Å². The largest absolute Gasteiger partial charge is 0.394 e. The Balaban J connectivity index is 2.15.